The number of unbranched alkanes of at least 4 members (excludes halogenated alkanes) is 1. The zero-order chi connectivity index (χ0) is 26.6. The van der Waals surface area contributed by atoms with Crippen molar-refractivity contribution in [3.63, 3.8) is 0 Å². The van der Waals surface area contributed by atoms with Gasteiger partial charge in [0.05, 0.1) is 12.9 Å². The molecule has 0 aromatic heterocycles. The highest BCUT2D eigenvalue weighted by atomic mass is 19.4. The number of aliphatic imine (C=N–C) groups is 1. The van der Waals surface area contributed by atoms with Crippen molar-refractivity contribution in [1.29, 1.82) is 5.41 Å². The fourth-order valence-corrected chi connectivity index (χ4v) is 2.84. The number of hydrogen-bond donors (Lipinski definition) is 3. The number of nitrogens with zero attached hydrogens (tertiary/aromatic N) is 1. The largest absolute Gasteiger partial charge is 0.573 e. The van der Waals surface area contributed by atoms with Gasteiger partial charge in [0.1, 0.15) is 5.75 Å². The second kappa shape index (κ2) is 13.7. The van der Waals surface area contributed by atoms with E-state index in [4.69, 9.17) is 14.9 Å². The average molecular weight is 508 g/mol. The molecule has 2 aromatic carbocycles. The third-order valence-corrected chi connectivity index (χ3v) is 4.54. The standard InChI is InChI=1S/C24H27F3N4O5/c1-3-5-6-20(22(32)34-4-2)35-23(33)31-18-9-7-16(8-10-18)21(28)30-15-29-17-11-13-19(14-12-17)36-24(25,26)27/h7-15,20H,3-6H2,1-2H3,(H,31,33)(H2,28,29,30). The molecule has 0 aliphatic carbocycles. The SMILES string of the molecule is CCCCC(OC(=O)Nc1ccc(C(=N)/N=C\Nc2ccc(OC(F)(F)F)cc2)cc1)C(=O)OCC. The van der Waals surface area contributed by atoms with Gasteiger partial charge in [-0.15, -0.1) is 13.2 Å². The van der Waals surface area contributed by atoms with E-state index in [1.54, 1.807) is 31.2 Å². The molecule has 3 N–H and O–H groups in total. The smallest absolute Gasteiger partial charge is 0.463 e. The zero-order valence-electron chi connectivity index (χ0n) is 19.7. The lowest BCUT2D eigenvalue weighted by atomic mass is 10.1. The molecule has 36 heavy (non-hydrogen) atoms. The Kier molecular flexibility index (Phi) is 10.7. The third kappa shape index (κ3) is 10.0. The number of benzene rings is 2. The number of ether oxygens (including phenoxy) is 3. The normalized spacial score (nSPS) is 12.0. The van der Waals surface area contributed by atoms with Gasteiger partial charge in [-0.1, -0.05) is 13.3 Å². The highest BCUT2D eigenvalue weighted by Crippen LogP contribution is 2.23. The van der Waals surface area contributed by atoms with Gasteiger partial charge in [-0.25, -0.2) is 14.6 Å². The maximum atomic E-state index is 12.2. The van der Waals surface area contributed by atoms with Crippen LogP contribution in [0.15, 0.2) is 53.5 Å². The van der Waals surface area contributed by atoms with Crippen molar-refractivity contribution in [2.45, 2.75) is 45.6 Å². The van der Waals surface area contributed by atoms with E-state index in [1.165, 1.54) is 18.5 Å². The molecule has 0 aliphatic rings. The highest BCUT2D eigenvalue weighted by Gasteiger charge is 2.31. The van der Waals surface area contributed by atoms with Crippen molar-refractivity contribution in [1.82, 2.24) is 0 Å². The molecule has 0 saturated carbocycles. The molecule has 2 aromatic rings. The number of rotatable bonds is 11. The van der Waals surface area contributed by atoms with Crippen LogP contribution in [0.4, 0.5) is 29.3 Å². The summed E-state index contributed by atoms with van der Waals surface area (Å²) in [6, 6.07) is 11.2. The molecule has 194 valence electrons. The summed E-state index contributed by atoms with van der Waals surface area (Å²) in [5, 5.41) is 13.3. The van der Waals surface area contributed by atoms with Crippen LogP contribution in [0.25, 0.3) is 0 Å². The molecule has 12 heteroatoms. The number of carbonyl (C=O) groups excluding carboxylic acids is 2. The minimum atomic E-state index is -4.77. The van der Waals surface area contributed by atoms with Gasteiger partial charge >= 0.3 is 18.4 Å². The zero-order valence-corrected chi connectivity index (χ0v) is 19.7. The van der Waals surface area contributed by atoms with Crippen LogP contribution >= 0.6 is 0 Å². The Hall–Kier alpha value is -4.09. The van der Waals surface area contributed by atoms with Crippen LogP contribution in [0.2, 0.25) is 0 Å². The van der Waals surface area contributed by atoms with Crippen molar-refractivity contribution in [3.05, 3.63) is 54.1 Å². The van der Waals surface area contributed by atoms with Crippen LogP contribution in [0, 0.1) is 5.41 Å². The summed E-state index contributed by atoms with van der Waals surface area (Å²) >= 11 is 0. The van der Waals surface area contributed by atoms with Gasteiger partial charge in [0, 0.05) is 16.9 Å². The number of carbonyl (C=O) groups is 2. The number of amidine groups is 1. The molecule has 1 amide bonds. The fraction of sp³-hybridized carbons (Fsp3) is 0.333. The van der Waals surface area contributed by atoms with Crippen LogP contribution in [0.1, 0.15) is 38.7 Å². The number of halogens is 3. The first-order valence-electron chi connectivity index (χ1n) is 11.1. The molecule has 0 heterocycles. The lowest BCUT2D eigenvalue weighted by Gasteiger charge is -2.16. The van der Waals surface area contributed by atoms with Gasteiger partial charge in [0.25, 0.3) is 0 Å². The molecule has 0 saturated heterocycles. The monoisotopic (exact) mass is 508 g/mol. The number of hydrogen-bond acceptors (Lipinski definition) is 6. The number of alkyl halides is 3. The van der Waals surface area contributed by atoms with E-state index in [2.05, 4.69) is 20.4 Å². The summed E-state index contributed by atoms with van der Waals surface area (Å²) in [7, 11) is 0. The van der Waals surface area contributed by atoms with Crippen LogP contribution < -0.4 is 15.4 Å². The van der Waals surface area contributed by atoms with Gasteiger partial charge in [-0.3, -0.25) is 10.7 Å². The highest BCUT2D eigenvalue weighted by molar-refractivity contribution is 6.02. The average Bonchev–Trinajstić information content (AvgIpc) is 2.82. The quantitative estimate of drug-likeness (QED) is 0.203. The number of nitrogens with one attached hydrogen (secondary N) is 3. The molecule has 0 bridgehead atoms. The summed E-state index contributed by atoms with van der Waals surface area (Å²) in [6.45, 7) is 3.80. The Labute approximate surface area is 206 Å². The topological polar surface area (TPSA) is 122 Å². The first-order valence-corrected chi connectivity index (χ1v) is 11.1. The molecule has 9 nitrogen and oxygen atoms in total. The number of anilines is 2. The summed E-state index contributed by atoms with van der Waals surface area (Å²) < 4.78 is 50.6. The van der Waals surface area contributed by atoms with E-state index in [1.807, 2.05) is 6.92 Å². The Bertz CT molecular complexity index is 1040. The Balaban J connectivity index is 1.88. The molecule has 0 spiro atoms. The van der Waals surface area contributed by atoms with Crippen molar-refractivity contribution >= 4 is 35.6 Å². The van der Waals surface area contributed by atoms with E-state index in [-0.39, 0.29) is 18.2 Å². The fourth-order valence-electron chi connectivity index (χ4n) is 2.84. The first-order chi connectivity index (χ1) is 17.1. The maximum absolute atomic E-state index is 12.2. The minimum Gasteiger partial charge on any atom is -0.463 e. The second-order valence-electron chi connectivity index (χ2n) is 7.31. The summed E-state index contributed by atoms with van der Waals surface area (Å²) in [6.07, 6.45) is -3.46. The lowest BCUT2D eigenvalue weighted by Crippen LogP contribution is -2.31. The van der Waals surface area contributed by atoms with Crippen LogP contribution in [-0.4, -0.2) is 43.3 Å². The van der Waals surface area contributed by atoms with Gasteiger partial charge in [-0.2, -0.15) is 0 Å². The van der Waals surface area contributed by atoms with E-state index >= 15 is 0 Å². The van der Waals surface area contributed by atoms with Gasteiger partial charge in [0.2, 0.25) is 6.10 Å². The van der Waals surface area contributed by atoms with E-state index in [0.717, 1.165) is 18.6 Å². The minimum absolute atomic E-state index is 0.101. The molecule has 0 aliphatic heterocycles. The van der Waals surface area contributed by atoms with Crippen molar-refractivity contribution in [2.75, 3.05) is 17.2 Å². The predicted molar refractivity (Wildman–Crippen MR) is 129 cm³/mol. The van der Waals surface area contributed by atoms with Crippen LogP contribution in [0.3, 0.4) is 0 Å². The molecule has 2 rings (SSSR count). The van der Waals surface area contributed by atoms with Gasteiger partial charge in [0.15, 0.2) is 5.84 Å². The lowest BCUT2D eigenvalue weighted by molar-refractivity contribution is -0.274. The van der Waals surface area contributed by atoms with Crippen LogP contribution in [0.5, 0.6) is 5.75 Å². The molecule has 1 unspecified atom stereocenters. The van der Waals surface area contributed by atoms with E-state index in [9.17, 15) is 22.8 Å². The predicted octanol–water partition coefficient (Wildman–Crippen LogP) is 5.72. The van der Waals surface area contributed by atoms with Gasteiger partial charge < -0.3 is 19.5 Å². The number of esters is 1. The maximum Gasteiger partial charge on any atom is 0.573 e. The third-order valence-electron chi connectivity index (χ3n) is 4.54. The van der Waals surface area contributed by atoms with Gasteiger partial charge in [-0.05, 0) is 68.3 Å². The summed E-state index contributed by atoms with van der Waals surface area (Å²) in [5.41, 5.74) is 1.27. The second-order valence-corrected chi connectivity index (χ2v) is 7.31. The summed E-state index contributed by atoms with van der Waals surface area (Å²) in [4.78, 5) is 28.1. The Morgan fingerprint density at radius 2 is 1.69 bits per heavy atom. The molecular formula is C24H27F3N4O5. The molecule has 1 atom stereocenters. The molecule has 0 fully saturated rings. The number of amides is 1. The van der Waals surface area contributed by atoms with Crippen LogP contribution in [-0.2, 0) is 14.3 Å². The van der Waals surface area contributed by atoms with Crippen molar-refractivity contribution < 1.29 is 37.0 Å². The van der Waals surface area contributed by atoms with Crippen molar-refractivity contribution in [3.8, 4) is 5.75 Å². The van der Waals surface area contributed by atoms with E-state index < -0.39 is 24.5 Å². The summed E-state index contributed by atoms with van der Waals surface area (Å²) in [5.74, 6) is -1.05. The van der Waals surface area contributed by atoms with E-state index in [0.29, 0.717) is 29.8 Å². The first kappa shape index (κ1) is 28.1. The molecular weight excluding hydrogens is 481 g/mol. The Morgan fingerprint density at radius 3 is 2.28 bits per heavy atom. The molecule has 0 radical (unpaired) electrons. The van der Waals surface area contributed by atoms with Crippen molar-refractivity contribution in [2.24, 2.45) is 4.99 Å². The Morgan fingerprint density at radius 1 is 1.06 bits per heavy atom.